The highest BCUT2D eigenvalue weighted by Gasteiger charge is 2.41. The van der Waals surface area contributed by atoms with Crippen LogP contribution in [0.5, 0.6) is 0 Å². The van der Waals surface area contributed by atoms with Gasteiger partial charge in [-0.2, -0.15) is 18.4 Å². The summed E-state index contributed by atoms with van der Waals surface area (Å²) in [7, 11) is 0. The number of halogens is 3. The highest BCUT2D eigenvalue weighted by atomic mass is 19.4. The Morgan fingerprint density at radius 1 is 1.23 bits per heavy atom. The molecule has 31 heavy (non-hydrogen) atoms. The molecule has 0 bridgehead atoms. The first-order valence-corrected chi connectivity index (χ1v) is 8.73. The fourth-order valence-corrected chi connectivity index (χ4v) is 2.33. The zero-order chi connectivity index (χ0) is 23.2. The molecule has 1 atom stereocenters. The summed E-state index contributed by atoms with van der Waals surface area (Å²) in [4.78, 5) is 39.5. The van der Waals surface area contributed by atoms with E-state index in [9.17, 15) is 32.7 Å². The van der Waals surface area contributed by atoms with Crippen LogP contribution in [0.4, 0.5) is 18.9 Å². The lowest BCUT2D eigenvalue weighted by atomic mass is 10.1. The van der Waals surface area contributed by atoms with Crippen molar-refractivity contribution in [3.05, 3.63) is 59.4 Å². The number of carbonyl (C=O) groups excluding carboxylic acids is 3. The number of nitriles is 1. The summed E-state index contributed by atoms with van der Waals surface area (Å²) < 4.78 is 43.7. The van der Waals surface area contributed by atoms with Crippen LogP contribution in [0.2, 0.25) is 0 Å². The highest BCUT2D eigenvalue weighted by molar-refractivity contribution is 6.11. The number of pyridine rings is 1. The van der Waals surface area contributed by atoms with Crippen LogP contribution in [0, 0.1) is 11.3 Å². The van der Waals surface area contributed by atoms with Crippen LogP contribution in [-0.4, -0.2) is 40.0 Å². The summed E-state index contributed by atoms with van der Waals surface area (Å²) >= 11 is 0. The SMILES string of the molecule is CC(O)(C(=O)Nc1cnc(C#N)c(C(F)(F)F)c1)C(=O)OCCC(=O)c1ccccc1. The molecule has 0 aliphatic rings. The first-order chi connectivity index (χ1) is 14.5. The van der Waals surface area contributed by atoms with Gasteiger partial charge in [0.2, 0.25) is 5.60 Å². The number of ketones is 1. The molecule has 1 aromatic carbocycles. The summed E-state index contributed by atoms with van der Waals surface area (Å²) in [6, 6.07) is 9.87. The van der Waals surface area contributed by atoms with Gasteiger partial charge in [-0.05, 0) is 13.0 Å². The first-order valence-electron chi connectivity index (χ1n) is 8.73. The number of alkyl halides is 3. The molecule has 0 fully saturated rings. The number of amides is 1. The second-order valence-electron chi connectivity index (χ2n) is 6.43. The Bertz CT molecular complexity index is 1030. The molecule has 1 unspecified atom stereocenters. The number of nitrogens with one attached hydrogen (secondary N) is 1. The molecule has 11 heteroatoms. The van der Waals surface area contributed by atoms with E-state index in [0.717, 1.165) is 13.1 Å². The fourth-order valence-electron chi connectivity index (χ4n) is 2.33. The number of carbonyl (C=O) groups is 3. The summed E-state index contributed by atoms with van der Waals surface area (Å²) in [5, 5.41) is 20.8. The van der Waals surface area contributed by atoms with Crippen molar-refractivity contribution in [2.45, 2.75) is 25.1 Å². The zero-order valence-electron chi connectivity index (χ0n) is 16.1. The molecular formula is C20H16F3N3O5. The third kappa shape index (κ3) is 5.86. The third-order valence-electron chi connectivity index (χ3n) is 4.05. The Morgan fingerprint density at radius 3 is 2.45 bits per heavy atom. The second-order valence-corrected chi connectivity index (χ2v) is 6.43. The van der Waals surface area contributed by atoms with E-state index in [1.807, 2.05) is 5.32 Å². The minimum atomic E-state index is -4.91. The second kappa shape index (κ2) is 9.36. The minimum Gasteiger partial charge on any atom is -0.463 e. The van der Waals surface area contributed by atoms with Gasteiger partial charge >= 0.3 is 12.1 Å². The Balaban J connectivity index is 2.01. The van der Waals surface area contributed by atoms with Crippen LogP contribution >= 0.6 is 0 Å². The Kier molecular flexibility index (Phi) is 7.09. The maximum atomic E-state index is 13.0. The third-order valence-corrected chi connectivity index (χ3v) is 4.05. The van der Waals surface area contributed by atoms with Crippen LogP contribution in [0.3, 0.4) is 0 Å². The minimum absolute atomic E-state index is 0.206. The molecule has 2 aromatic rings. The molecule has 0 saturated heterocycles. The number of hydrogen-bond donors (Lipinski definition) is 2. The molecule has 2 N–H and O–H groups in total. The smallest absolute Gasteiger partial charge is 0.419 e. The van der Waals surface area contributed by atoms with E-state index in [0.29, 0.717) is 11.6 Å². The van der Waals surface area contributed by atoms with E-state index in [4.69, 9.17) is 10.00 Å². The number of benzene rings is 1. The molecule has 0 radical (unpaired) electrons. The number of hydrogen-bond acceptors (Lipinski definition) is 7. The maximum Gasteiger partial charge on any atom is 0.419 e. The van der Waals surface area contributed by atoms with Crippen molar-refractivity contribution in [3.63, 3.8) is 0 Å². The Hall–Kier alpha value is -3.78. The van der Waals surface area contributed by atoms with Crippen molar-refractivity contribution >= 4 is 23.3 Å². The van der Waals surface area contributed by atoms with E-state index in [1.165, 1.54) is 6.07 Å². The van der Waals surface area contributed by atoms with E-state index in [2.05, 4.69) is 4.98 Å². The zero-order valence-corrected chi connectivity index (χ0v) is 16.1. The van der Waals surface area contributed by atoms with Crippen molar-refractivity contribution < 1.29 is 37.4 Å². The number of nitrogens with zero attached hydrogens (tertiary/aromatic N) is 2. The predicted molar refractivity (Wildman–Crippen MR) is 99.6 cm³/mol. The Morgan fingerprint density at radius 2 is 1.87 bits per heavy atom. The summed E-state index contributed by atoms with van der Waals surface area (Å²) in [5.74, 6) is -3.11. The van der Waals surface area contributed by atoms with Crippen LogP contribution in [-0.2, 0) is 20.5 Å². The fraction of sp³-hybridized carbons (Fsp3) is 0.250. The van der Waals surface area contributed by atoms with Gasteiger partial charge in [-0.15, -0.1) is 0 Å². The summed E-state index contributed by atoms with van der Waals surface area (Å²) in [6.45, 7) is 0.359. The molecule has 1 amide bonds. The molecular weight excluding hydrogens is 419 g/mol. The quantitative estimate of drug-likeness (QED) is 0.388. The number of anilines is 1. The summed E-state index contributed by atoms with van der Waals surface area (Å²) in [6.07, 6.45) is -4.35. The van der Waals surface area contributed by atoms with Crippen molar-refractivity contribution in [1.82, 2.24) is 4.98 Å². The topological polar surface area (TPSA) is 129 Å². The van der Waals surface area contributed by atoms with Crippen molar-refractivity contribution in [3.8, 4) is 6.07 Å². The number of aliphatic hydroxyl groups is 1. The number of aromatic nitrogens is 1. The van der Waals surface area contributed by atoms with Crippen molar-refractivity contribution in [2.24, 2.45) is 0 Å². The van der Waals surface area contributed by atoms with Gasteiger partial charge in [-0.25, -0.2) is 9.78 Å². The Labute approximate surface area is 174 Å². The maximum absolute atomic E-state index is 13.0. The molecule has 0 aliphatic heterocycles. The lowest BCUT2D eigenvalue weighted by molar-refractivity contribution is -0.167. The van der Waals surface area contributed by atoms with Gasteiger partial charge in [0.1, 0.15) is 6.07 Å². The van der Waals surface area contributed by atoms with E-state index < -0.39 is 47.2 Å². The molecule has 0 saturated carbocycles. The highest BCUT2D eigenvalue weighted by Crippen LogP contribution is 2.32. The van der Waals surface area contributed by atoms with Crippen LogP contribution in [0.15, 0.2) is 42.6 Å². The van der Waals surface area contributed by atoms with Crippen LogP contribution in [0.1, 0.15) is 35.0 Å². The normalized spacial score (nSPS) is 12.9. The average Bonchev–Trinajstić information content (AvgIpc) is 2.73. The van der Waals surface area contributed by atoms with Crippen LogP contribution in [0.25, 0.3) is 0 Å². The monoisotopic (exact) mass is 435 g/mol. The van der Waals surface area contributed by atoms with E-state index in [1.54, 1.807) is 30.3 Å². The molecule has 1 heterocycles. The predicted octanol–water partition coefficient (Wildman–Crippen LogP) is 2.48. The number of Topliss-reactive ketones (excluding diaryl/α,β-unsaturated/α-hetero) is 1. The van der Waals surface area contributed by atoms with Gasteiger partial charge in [0.15, 0.2) is 11.5 Å². The van der Waals surface area contributed by atoms with Crippen molar-refractivity contribution in [2.75, 3.05) is 11.9 Å². The molecule has 0 spiro atoms. The lowest BCUT2D eigenvalue weighted by Gasteiger charge is -2.20. The average molecular weight is 435 g/mol. The standard InChI is InChI=1S/C20H16F3N3O5/c1-19(30,18(29)31-8-7-16(27)12-5-3-2-4-6-12)17(28)26-13-9-14(20(21,22)23)15(10-24)25-11-13/h2-6,9,11,30H,7-8H2,1H3,(H,26,28). The molecule has 162 valence electrons. The van der Waals surface area contributed by atoms with Crippen LogP contribution < -0.4 is 5.32 Å². The van der Waals surface area contributed by atoms with Crippen molar-refractivity contribution in [1.29, 1.82) is 5.26 Å². The molecule has 0 aliphatic carbocycles. The lowest BCUT2D eigenvalue weighted by Crippen LogP contribution is -2.48. The van der Waals surface area contributed by atoms with Gasteiger partial charge in [0.05, 0.1) is 24.1 Å². The summed E-state index contributed by atoms with van der Waals surface area (Å²) in [5.41, 5.74) is -5.17. The number of esters is 1. The van der Waals surface area contributed by atoms with E-state index >= 15 is 0 Å². The van der Waals surface area contributed by atoms with Gasteiger partial charge in [-0.3, -0.25) is 9.59 Å². The number of ether oxygens (including phenoxy) is 1. The first kappa shape index (κ1) is 23.5. The number of rotatable bonds is 7. The molecule has 8 nitrogen and oxygen atoms in total. The molecule has 2 rings (SSSR count). The van der Waals surface area contributed by atoms with Gasteiger partial charge in [0.25, 0.3) is 5.91 Å². The van der Waals surface area contributed by atoms with Gasteiger partial charge < -0.3 is 15.2 Å². The molecule has 1 aromatic heterocycles. The van der Waals surface area contributed by atoms with Gasteiger partial charge in [-0.1, -0.05) is 30.3 Å². The van der Waals surface area contributed by atoms with Gasteiger partial charge in [0, 0.05) is 12.0 Å². The van der Waals surface area contributed by atoms with E-state index in [-0.39, 0.29) is 12.2 Å². The largest absolute Gasteiger partial charge is 0.463 e.